The molecular weight excluding hydrogens is 373 g/mol. The standard InChI is InChI=1S/C10H7BrINO2/c11-7-2-1-6(12)5-8(7)13-4-3-9(14)10(13)15/h1-2,5H,3-4H2. The Hall–Kier alpha value is -0.430. The van der Waals surface area contributed by atoms with Gasteiger partial charge < -0.3 is 4.90 Å². The number of hydrogen-bond donors (Lipinski definition) is 0. The molecule has 2 rings (SSSR count). The number of anilines is 1. The second-order valence-electron chi connectivity index (χ2n) is 3.23. The molecule has 5 heteroatoms. The molecule has 1 fully saturated rings. The van der Waals surface area contributed by atoms with Gasteiger partial charge in [-0.25, -0.2) is 0 Å². The molecule has 0 atom stereocenters. The minimum Gasteiger partial charge on any atom is -0.304 e. The summed E-state index contributed by atoms with van der Waals surface area (Å²) in [4.78, 5) is 24.2. The van der Waals surface area contributed by atoms with Crippen LogP contribution in [0.4, 0.5) is 5.69 Å². The van der Waals surface area contributed by atoms with Gasteiger partial charge in [-0.3, -0.25) is 9.59 Å². The van der Waals surface area contributed by atoms with Crippen molar-refractivity contribution >= 4 is 55.9 Å². The molecule has 1 aromatic rings. The van der Waals surface area contributed by atoms with Crippen molar-refractivity contribution in [1.29, 1.82) is 0 Å². The highest BCUT2D eigenvalue weighted by Gasteiger charge is 2.31. The van der Waals surface area contributed by atoms with Crippen LogP contribution in [0.15, 0.2) is 22.7 Å². The fourth-order valence-corrected chi connectivity index (χ4v) is 2.43. The Labute approximate surface area is 109 Å². The first-order valence-corrected chi connectivity index (χ1v) is 6.26. The van der Waals surface area contributed by atoms with E-state index >= 15 is 0 Å². The fraction of sp³-hybridized carbons (Fsp3) is 0.200. The third-order valence-corrected chi connectivity index (χ3v) is 3.59. The highest BCUT2D eigenvalue weighted by Crippen LogP contribution is 2.30. The maximum absolute atomic E-state index is 11.5. The molecule has 1 heterocycles. The van der Waals surface area contributed by atoms with Gasteiger partial charge in [0.1, 0.15) is 0 Å². The quantitative estimate of drug-likeness (QED) is 0.555. The zero-order chi connectivity index (χ0) is 11.0. The lowest BCUT2D eigenvalue weighted by Gasteiger charge is -2.16. The van der Waals surface area contributed by atoms with E-state index in [2.05, 4.69) is 38.5 Å². The third kappa shape index (κ3) is 2.08. The van der Waals surface area contributed by atoms with E-state index in [1.165, 1.54) is 4.90 Å². The summed E-state index contributed by atoms with van der Waals surface area (Å²) in [5.74, 6) is -0.710. The number of amides is 1. The fourth-order valence-electron chi connectivity index (χ4n) is 1.49. The number of Topliss-reactive ketones (excluding diaryl/α,β-unsaturated/α-hetero) is 1. The van der Waals surface area contributed by atoms with E-state index in [9.17, 15) is 9.59 Å². The number of carbonyl (C=O) groups is 2. The molecule has 0 bridgehead atoms. The molecule has 0 radical (unpaired) electrons. The summed E-state index contributed by atoms with van der Waals surface area (Å²) in [5.41, 5.74) is 0.776. The molecule has 1 amide bonds. The zero-order valence-electron chi connectivity index (χ0n) is 7.67. The molecule has 78 valence electrons. The van der Waals surface area contributed by atoms with Crippen molar-refractivity contribution in [3.63, 3.8) is 0 Å². The van der Waals surface area contributed by atoms with Gasteiger partial charge >= 0.3 is 0 Å². The molecule has 0 N–H and O–H groups in total. The van der Waals surface area contributed by atoms with E-state index in [0.717, 1.165) is 13.7 Å². The minimum atomic E-state index is -0.405. The van der Waals surface area contributed by atoms with Gasteiger partial charge in [-0.15, -0.1) is 0 Å². The number of hydrogen-bond acceptors (Lipinski definition) is 2. The summed E-state index contributed by atoms with van der Waals surface area (Å²) in [6, 6.07) is 5.71. The highest BCUT2D eigenvalue weighted by atomic mass is 127. The van der Waals surface area contributed by atoms with Crippen LogP contribution in [0, 0.1) is 3.57 Å². The first-order valence-electron chi connectivity index (χ1n) is 4.39. The van der Waals surface area contributed by atoms with Crippen molar-refractivity contribution in [2.24, 2.45) is 0 Å². The summed E-state index contributed by atoms with van der Waals surface area (Å²) in [6.07, 6.45) is 0.316. The van der Waals surface area contributed by atoms with Crippen LogP contribution in [0.2, 0.25) is 0 Å². The van der Waals surface area contributed by atoms with Gasteiger partial charge in [-0.1, -0.05) is 0 Å². The Balaban J connectivity index is 2.42. The van der Waals surface area contributed by atoms with Crippen molar-refractivity contribution in [2.45, 2.75) is 6.42 Å². The van der Waals surface area contributed by atoms with Crippen molar-refractivity contribution in [3.05, 3.63) is 26.2 Å². The molecule has 1 saturated heterocycles. The predicted molar refractivity (Wildman–Crippen MR) is 68.8 cm³/mol. The average molecular weight is 380 g/mol. The van der Waals surface area contributed by atoms with Gasteiger partial charge in [-0.05, 0) is 56.7 Å². The Morgan fingerprint density at radius 1 is 1.33 bits per heavy atom. The van der Waals surface area contributed by atoms with Crippen LogP contribution in [0.25, 0.3) is 0 Å². The second kappa shape index (κ2) is 4.21. The van der Waals surface area contributed by atoms with E-state index in [-0.39, 0.29) is 5.78 Å². The van der Waals surface area contributed by atoms with Crippen LogP contribution < -0.4 is 4.90 Å². The zero-order valence-corrected chi connectivity index (χ0v) is 11.4. The van der Waals surface area contributed by atoms with Gasteiger partial charge in [0.05, 0.1) is 5.69 Å². The predicted octanol–water partition coefficient (Wildman–Crippen LogP) is 2.36. The highest BCUT2D eigenvalue weighted by molar-refractivity contribution is 14.1. The normalized spacial score (nSPS) is 16.3. The largest absolute Gasteiger partial charge is 0.304 e. The topological polar surface area (TPSA) is 37.4 Å². The summed E-state index contributed by atoms with van der Waals surface area (Å²) >= 11 is 5.56. The molecule has 15 heavy (non-hydrogen) atoms. The van der Waals surface area contributed by atoms with E-state index < -0.39 is 5.91 Å². The van der Waals surface area contributed by atoms with Crippen LogP contribution >= 0.6 is 38.5 Å². The molecule has 0 saturated carbocycles. The lowest BCUT2D eigenvalue weighted by molar-refractivity contribution is -0.133. The maximum Gasteiger partial charge on any atom is 0.294 e. The first kappa shape index (κ1) is 11.1. The van der Waals surface area contributed by atoms with Gasteiger partial charge in [0.15, 0.2) is 0 Å². The van der Waals surface area contributed by atoms with Crippen molar-refractivity contribution in [2.75, 3.05) is 11.4 Å². The van der Waals surface area contributed by atoms with Crippen LogP contribution in [-0.4, -0.2) is 18.2 Å². The number of carbonyl (C=O) groups excluding carboxylic acids is 2. The van der Waals surface area contributed by atoms with Crippen LogP contribution in [0.1, 0.15) is 6.42 Å². The lowest BCUT2D eigenvalue weighted by Crippen LogP contribution is -2.27. The molecule has 0 aliphatic carbocycles. The summed E-state index contributed by atoms with van der Waals surface area (Å²) in [7, 11) is 0. The Morgan fingerprint density at radius 2 is 2.07 bits per heavy atom. The molecular formula is C10H7BrINO2. The van der Waals surface area contributed by atoms with Gasteiger partial charge in [-0.2, -0.15) is 0 Å². The minimum absolute atomic E-state index is 0.305. The summed E-state index contributed by atoms with van der Waals surface area (Å²) in [6.45, 7) is 0.482. The van der Waals surface area contributed by atoms with Crippen molar-refractivity contribution in [1.82, 2.24) is 0 Å². The lowest BCUT2D eigenvalue weighted by atomic mass is 10.3. The Morgan fingerprint density at radius 3 is 2.67 bits per heavy atom. The van der Waals surface area contributed by atoms with Gasteiger partial charge in [0.2, 0.25) is 5.78 Å². The number of benzene rings is 1. The number of ketones is 1. The smallest absolute Gasteiger partial charge is 0.294 e. The molecule has 3 nitrogen and oxygen atoms in total. The maximum atomic E-state index is 11.5. The summed E-state index contributed by atoms with van der Waals surface area (Å²) in [5, 5.41) is 0. The third-order valence-electron chi connectivity index (χ3n) is 2.25. The molecule has 0 aromatic heterocycles. The van der Waals surface area contributed by atoms with E-state index in [0.29, 0.717) is 13.0 Å². The second-order valence-corrected chi connectivity index (χ2v) is 5.33. The number of rotatable bonds is 1. The van der Waals surface area contributed by atoms with Crippen LogP contribution in [0.3, 0.4) is 0 Å². The van der Waals surface area contributed by atoms with Crippen LogP contribution in [-0.2, 0) is 9.59 Å². The molecule has 0 unspecified atom stereocenters. The van der Waals surface area contributed by atoms with Crippen molar-refractivity contribution < 1.29 is 9.59 Å². The average Bonchev–Trinajstić information content (AvgIpc) is 2.52. The van der Waals surface area contributed by atoms with Crippen molar-refractivity contribution in [3.8, 4) is 0 Å². The van der Waals surface area contributed by atoms with Gasteiger partial charge in [0.25, 0.3) is 5.91 Å². The molecule has 1 aliphatic heterocycles. The van der Waals surface area contributed by atoms with Crippen LogP contribution in [0.5, 0.6) is 0 Å². The van der Waals surface area contributed by atoms with E-state index in [1.807, 2.05) is 18.2 Å². The number of halogens is 2. The first-order chi connectivity index (χ1) is 7.09. The summed E-state index contributed by atoms with van der Waals surface area (Å²) < 4.78 is 1.88. The Bertz CT molecular complexity index is 447. The van der Waals surface area contributed by atoms with Gasteiger partial charge in [0, 0.05) is 21.0 Å². The van der Waals surface area contributed by atoms with E-state index in [4.69, 9.17) is 0 Å². The molecule has 1 aliphatic rings. The SMILES string of the molecule is O=C1CCN(c2cc(I)ccc2Br)C1=O. The van der Waals surface area contributed by atoms with E-state index in [1.54, 1.807) is 0 Å². The molecule has 0 spiro atoms. The number of nitrogens with zero attached hydrogens (tertiary/aromatic N) is 1. The molecule has 1 aromatic carbocycles. The monoisotopic (exact) mass is 379 g/mol. The Kier molecular flexibility index (Phi) is 3.11.